The molecule has 104 valence electrons. The van der Waals surface area contributed by atoms with Crippen LogP contribution in [0.25, 0.3) is 0 Å². The normalized spacial score (nSPS) is 10.1. The standard InChI is InChI=1S/C17H19NO2/c1-18(15-8-10-16(20-2)11-9-15)13-12-17(19)14-6-4-3-5-7-14/h3-11H,12-13H2,1-2H3. The van der Waals surface area contributed by atoms with E-state index in [1.807, 2.05) is 61.6 Å². The van der Waals surface area contributed by atoms with Crippen LogP contribution in [0, 0.1) is 0 Å². The lowest BCUT2D eigenvalue weighted by Gasteiger charge is -2.19. The Bertz CT molecular complexity index is 549. The lowest BCUT2D eigenvalue weighted by molar-refractivity contribution is 0.0985. The molecule has 2 rings (SSSR count). The van der Waals surface area contributed by atoms with E-state index in [1.54, 1.807) is 7.11 Å². The number of ether oxygens (including phenoxy) is 1. The SMILES string of the molecule is COc1ccc(N(C)CCC(=O)c2ccccc2)cc1. The molecule has 0 unspecified atom stereocenters. The number of benzene rings is 2. The summed E-state index contributed by atoms with van der Waals surface area (Å²) < 4.78 is 5.13. The van der Waals surface area contributed by atoms with E-state index in [1.165, 1.54) is 0 Å². The summed E-state index contributed by atoms with van der Waals surface area (Å²) in [6.45, 7) is 0.695. The molecule has 0 radical (unpaired) electrons. The van der Waals surface area contributed by atoms with E-state index in [9.17, 15) is 4.79 Å². The zero-order chi connectivity index (χ0) is 14.4. The third kappa shape index (κ3) is 3.60. The average molecular weight is 269 g/mol. The predicted octanol–water partition coefficient (Wildman–Crippen LogP) is 3.40. The van der Waals surface area contributed by atoms with Gasteiger partial charge in [-0.2, -0.15) is 0 Å². The molecule has 0 aliphatic rings. The van der Waals surface area contributed by atoms with Gasteiger partial charge >= 0.3 is 0 Å². The zero-order valence-corrected chi connectivity index (χ0v) is 11.9. The van der Waals surface area contributed by atoms with Crippen LogP contribution < -0.4 is 9.64 Å². The van der Waals surface area contributed by atoms with Gasteiger partial charge in [-0.05, 0) is 24.3 Å². The first kappa shape index (κ1) is 14.1. The van der Waals surface area contributed by atoms with E-state index in [0.29, 0.717) is 13.0 Å². The Hall–Kier alpha value is -2.29. The van der Waals surface area contributed by atoms with Gasteiger partial charge < -0.3 is 9.64 Å². The number of nitrogens with zero attached hydrogens (tertiary/aromatic N) is 1. The van der Waals surface area contributed by atoms with Crippen LogP contribution in [0.2, 0.25) is 0 Å². The molecule has 0 aliphatic carbocycles. The van der Waals surface area contributed by atoms with Gasteiger partial charge in [-0.3, -0.25) is 4.79 Å². The molecule has 20 heavy (non-hydrogen) atoms. The Balaban J connectivity index is 1.91. The molecular weight excluding hydrogens is 250 g/mol. The van der Waals surface area contributed by atoms with Crippen molar-refractivity contribution in [2.24, 2.45) is 0 Å². The summed E-state index contributed by atoms with van der Waals surface area (Å²) in [6.07, 6.45) is 0.506. The number of hydrogen-bond acceptors (Lipinski definition) is 3. The molecule has 0 bridgehead atoms. The van der Waals surface area contributed by atoms with Gasteiger partial charge in [0.25, 0.3) is 0 Å². The molecule has 3 nitrogen and oxygen atoms in total. The number of methoxy groups -OCH3 is 1. The van der Waals surface area contributed by atoms with Crippen LogP contribution in [-0.4, -0.2) is 26.5 Å². The summed E-state index contributed by atoms with van der Waals surface area (Å²) in [6, 6.07) is 17.2. The molecule has 0 saturated heterocycles. The van der Waals surface area contributed by atoms with Crippen LogP contribution in [0.1, 0.15) is 16.8 Å². The van der Waals surface area contributed by atoms with Crippen molar-refractivity contribution in [2.45, 2.75) is 6.42 Å². The van der Waals surface area contributed by atoms with Gasteiger partial charge in [0.15, 0.2) is 5.78 Å². The van der Waals surface area contributed by atoms with Crippen molar-refractivity contribution >= 4 is 11.5 Å². The van der Waals surface area contributed by atoms with Gasteiger partial charge in [-0.25, -0.2) is 0 Å². The first-order valence-electron chi connectivity index (χ1n) is 6.64. The number of anilines is 1. The molecule has 2 aromatic rings. The quantitative estimate of drug-likeness (QED) is 0.753. The molecule has 0 amide bonds. The Morgan fingerprint density at radius 3 is 2.30 bits per heavy atom. The fraction of sp³-hybridized carbons (Fsp3) is 0.235. The summed E-state index contributed by atoms with van der Waals surface area (Å²) in [7, 11) is 3.64. The Labute approximate surface area is 119 Å². The van der Waals surface area contributed by atoms with Gasteiger partial charge in [0.2, 0.25) is 0 Å². The molecule has 3 heteroatoms. The molecule has 0 heterocycles. The van der Waals surface area contributed by atoms with Crippen LogP contribution >= 0.6 is 0 Å². The summed E-state index contributed by atoms with van der Waals surface area (Å²) in [4.78, 5) is 14.1. The van der Waals surface area contributed by atoms with Gasteiger partial charge in [0.05, 0.1) is 7.11 Å². The van der Waals surface area contributed by atoms with Crippen LogP contribution in [0.4, 0.5) is 5.69 Å². The van der Waals surface area contributed by atoms with E-state index in [2.05, 4.69) is 4.90 Å². The van der Waals surface area contributed by atoms with Crippen LogP contribution in [0.15, 0.2) is 54.6 Å². The minimum Gasteiger partial charge on any atom is -0.497 e. The summed E-state index contributed by atoms with van der Waals surface area (Å²) >= 11 is 0. The number of carbonyl (C=O) groups excluding carboxylic acids is 1. The molecular formula is C17H19NO2. The fourth-order valence-corrected chi connectivity index (χ4v) is 2.00. The van der Waals surface area contributed by atoms with E-state index >= 15 is 0 Å². The Morgan fingerprint density at radius 1 is 1.05 bits per heavy atom. The topological polar surface area (TPSA) is 29.5 Å². The zero-order valence-electron chi connectivity index (χ0n) is 11.9. The van der Waals surface area contributed by atoms with Crippen LogP contribution in [0.5, 0.6) is 5.75 Å². The number of hydrogen-bond donors (Lipinski definition) is 0. The highest BCUT2D eigenvalue weighted by Crippen LogP contribution is 2.18. The second kappa shape index (κ2) is 6.75. The van der Waals surface area contributed by atoms with Crippen molar-refractivity contribution in [2.75, 3.05) is 25.6 Å². The van der Waals surface area contributed by atoms with Crippen molar-refractivity contribution in [1.82, 2.24) is 0 Å². The number of carbonyl (C=O) groups is 1. The highest BCUT2D eigenvalue weighted by molar-refractivity contribution is 5.96. The summed E-state index contributed by atoms with van der Waals surface area (Å²) in [5, 5.41) is 0. The molecule has 0 saturated carbocycles. The van der Waals surface area contributed by atoms with E-state index in [4.69, 9.17) is 4.74 Å². The minimum atomic E-state index is 0.172. The van der Waals surface area contributed by atoms with Crippen LogP contribution in [0.3, 0.4) is 0 Å². The molecule has 0 N–H and O–H groups in total. The van der Waals surface area contributed by atoms with Crippen molar-refractivity contribution in [3.05, 3.63) is 60.2 Å². The third-order valence-electron chi connectivity index (χ3n) is 3.28. The summed E-state index contributed by atoms with van der Waals surface area (Å²) in [5.74, 6) is 1.01. The Morgan fingerprint density at radius 2 is 1.70 bits per heavy atom. The highest BCUT2D eigenvalue weighted by atomic mass is 16.5. The third-order valence-corrected chi connectivity index (χ3v) is 3.28. The van der Waals surface area contributed by atoms with Gasteiger partial charge in [0.1, 0.15) is 5.75 Å². The average Bonchev–Trinajstić information content (AvgIpc) is 2.53. The van der Waals surface area contributed by atoms with Gasteiger partial charge in [-0.1, -0.05) is 30.3 Å². The van der Waals surface area contributed by atoms with E-state index in [0.717, 1.165) is 17.0 Å². The number of Topliss-reactive ketones (excluding diaryl/α,β-unsaturated/α-hetero) is 1. The lowest BCUT2D eigenvalue weighted by Crippen LogP contribution is -2.21. The van der Waals surface area contributed by atoms with E-state index < -0.39 is 0 Å². The van der Waals surface area contributed by atoms with Gasteiger partial charge in [0, 0.05) is 31.3 Å². The van der Waals surface area contributed by atoms with Crippen LogP contribution in [-0.2, 0) is 0 Å². The fourth-order valence-electron chi connectivity index (χ4n) is 2.00. The summed E-state index contributed by atoms with van der Waals surface area (Å²) in [5.41, 5.74) is 1.85. The molecule has 0 fully saturated rings. The maximum Gasteiger partial charge on any atom is 0.164 e. The van der Waals surface area contributed by atoms with Crippen molar-refractivity contribution in [3.8, 4) is 5.75 Å². The maximum atomic E-state index is 12.0. The first-order chi connectivity index (χ1) is 9.70. The smallest absolute Gasteiger partial charge is 0.164 e. The van der Waals surface area contributed by atoms with Crippen molar-refractivity contribution < 1.29 is 9.53 Å². The molecule has 0 aliphatic heterocycles. The van der Waals surface area contributed by atoms with Crippen molar-refractivity contribution in [1.29, 1.82) is 0 Å². The second-order valence-electron chi connectivity index (χ2n) is 4.66. The molecule has 0 spiro atoms. The number of rotatable bonds is 6. The second-order valence-corrected chi connectivity index (χ2v) is 4.66. The highest BCUT2D eigenvalue weighted by Gasteiger charge is 2.07. The van der Waals surface area contributed by atoms with E-state index in [-0.39, 0.29) is 5.78 Å². The maximum absolute atomic E-state index is 12.0. The molecule has 0 aromatic heterocycles. The molecule has 0 atom stereocenters. The largest absolute Gasteiger partial charge is 0.497 e. The number of ketones is 1. The van der Waals surface area contributed by atoms with Gasteiger partial charge in [-0.15, -0.1) is 0 Å². The first-order valence-corrected chi connectivity index (χ1v) is 6.64. The molecule has 2 aromatic carbocycles. The van der Waals surface area contributed by atoms with Crippen molar-refractivity contribution in [3.63, 3.8) is 0 Å². The lowest BCUT2D eigenvalue weighted by atomic mass is 10.1. The monoisotopic (exact) mass is 269 g/mol. The Kier molecular flexibility index (Phi) is 4.77. The minimum absolute atomic E-state index is 0.172. The predicted molar refractivity (Wildman–Crippen MR) is 81.7 cm³/mol.